The molecule has 2 rings (SSSR count). The second-order valence-electron chi connectivity index (χ2n) is 4.45. The Labute approximate surface area is 123 Å². The molecule has 0 unspecified atom stereocenters. The molecular formula is C14H20N4O3. The van der Waals surface area contributed by atoms with Gasteiger partial charge in [0.2, 0.25) is 0 Å². The zero-order valence-electron chi connectivity index (χ0n) is 12.0. The Morgan fingerprint density at radius 1 is 1.52 bits per heavy atom. The molecular weight excluding hydrogens is 272 g/mol. The molecule has 114 valence electrons. The van der Waals surface area contributed by atoms with Crippen LogP contribution in [0, 0.1) is 0 Å². The number of aryl methyl sites for hydroxylation is 1. The molecule has 0 saturated heterocycles. The molecule has 7 heteroatoms. The summed E-state index contributed by atoms with van der Waals surface area (Å²) in [5.74, 6) is 0.800. The standard InChI is InChI=1S/C14H20N4O3/c1-2-18-10-12(9-16-18)17-14(19)15-6-4-7-20-11-13-5-3-8-21-13/h3,5,8-10H,2,4,6-7,11H2,1H3,(H2,15,17,19). The molecule has 2 aromatic heterocycles. The quantitative estimate of drug-likeness (QED) is 0.731. The summed E-state index contributed by atoms with van der Waals surface area (Å²) in [5.41, 5.74) is 0.684. The number of furan rings is 1. The number of amides is 2. The predicted molar refractivity (Wildman–Crippen MR) is 77.9 cm³/mol. The molecule has 0 aliphatic rings. The lowest BCUT2D eigenvalue weighted by molar-refractivity contribution is 0.104. The zero-order chi connectivity index (χ0) is 14.9. The van der Waals surface area contributed by atoms with Crippen LogP contribution in [0.15, 0.2) is 35.2 Å². The van der Waals surface area contributed by atoms with Crippen molar-refractivity contribution in [3.05, 3.63) is 36.5 Å². The lowest BCUT2D eigenvalue weighted by Crippen LogP contribution is -2.29. The Balaban J connectivity index is 1.52. The third-order valence-electron chi connectivity index (χ3n) is 2.79. The zero-order valence-corrected chi connectivity index (χ0v) is 12.0. The molecule has 0 aliphatic carbocycles. The van der Waals surface area contributed by atoms with Crippen LogP contribution in [-0.2, 0) is 17.9 Å². The maximum Gasteiger partial charge on any atom is 0.319 e. The van der Waals surface area contributed by atoms with Gasteiger partial charge in [0.15, 0.2) is 0 Å². The minimum Gasteiger partial charge on any atom is -0.467 e. The highest BCUT2D eigenvalue weighted by molar-refractivity contribution is 5.88. The van der Waals surface area contributed by atoms with E-state index in [1.54, 1.807) is 23.3 Å². The maximum absolute atomic E-state index is 11.6. The van der Waals surface area contributed by atoms with Crippen LogP contribution in [0.4, 0.5) is 10.5 Å². The van der Waals surface area contributed by atoms with Crippen molar-refractivity contribution in [2.75, 3.05) is 18.5 Å². The Bertz CT molecular complexity index is 536. The highest BCUT2D eigenvalue weighted by atomic mass is 16.5. The summed E-state index contributed by atoms with van der Waals surface area (Å²) in [6.07, 6.45) is 5.76. The van der Waals surface area contributed by atoms with Crippen molar-refractivity contribution in [1.82, 2.24) is 15.1 Å². The largest absolute Gasteiger partial charge is 0.467 e. The minimum atomic E-state index is -0.239. The molecule has 0 saturated carbocycles. The van der Waals surface area contributed by atoms with E-state index in [1.807, 2.05) is 19.1 Å². The molecule has 2 amide bonds. The number of aromatic nitrogens is 2. The van der Waals surface area contributed by atoms with Crippen molar-refractivity contribution >= 4 is 11.7 Å². The van der Waals surface area contributed by atoms with Crippen molar-refractivity contribution < 1.29 is 13.9 Å². The summed E-state index contributed by atoms with van der Waals surface area (Å²) in [6.45, 7) is 4.33. The van der Waals surface area contributed by atoms with Crippen LogP contribution >= 0.6 is 0 Å². The fraction of sp³-hybridized carbons (Fsp3) is 0.429. The summed E-state index contributed by atoms with van der Waals surface area (Å²) >= 11 is 0. The predicted octanol–water partition coefficient (Wildman–Crippen LogP) is 2.22. The van der Waals surface area contributed by atoms with E-state index < -0.39 is 0 Å². The van der Waals surface area contributed by atoms with E-state index in [4.69, 9.17) is 9.15 Å². The lowest BCUT2D eigenvalue weighted by atomic mass is 10.4. The topological polar surface area (TPSA) is 81.3 Å². The molecule has 0 aliphatic heterocycles. The molecule has 0 fully saturated rings. The average Bonchev–Trinajstić information content (AvgIpc) is 3.14. The Morgan fingerprint density at radius 3 is 3.14 bits per heavy atom. The Morgan fingerprint density at radius 2 is 2.43 bits per heavy atom. The normalized spacial score (nSPS) is 10.5. The minimum absolute atomic E-state index is 0.239. The van der Waals surface area contributed by atoms with Crippen LogP contribution in [0.3, 0.4) is 0 Å². The van der Waals surface area contributed by atoms with Gasteiger partial charge in [0.05, 0.1) is 18.1 Å². The second kappa shape index (κ2) is 8.11. The number of carbonyl (C=O) groups excluding carboxylic acids is 1. The fourth-order valence-corrected chi connectivity index (χ4v) is 1.72. The van der Waals surface area contributed by atoms with Crippen molar-refractivity contribution in [3.63, 3.8) is 0 Å². The highest BCUT2D eigenvalue weighted by Crippen LogP contribution is 2.04. The van der Waals surface area contributed by atoms with Gasteiger partial charge in [-0.05, 0) is 25.5 Å². The summed E-state index contributed by atoms with van der Waals surface area (Å²) in [6, 6.07) is 3.45. The van der Waals surface area contributed by atoms with Gasteiger partial charge in [-0.2, -0.15) is 5.10 Å². The first-order valence-corrected chi connectivity index (χ1v) is 6.95. The van der Waals surface area contributed by atoms with E-state index in [0.29, 0.717) is 25.4 Å². The van der Waals surface area contributed by atoms with Crippen molar-refractivity contribution in [2.24, 2.45) is 0 Å². The SMILES string of the molecule is CCn1cc(NC(=O)NCCCOCc2ccco2)cn1. The van der Waals surface area contributed by atoms with Gasteiger partial charge in [-0.25, -0.2) is 4.79 Å². The summed E-state index contributed by atoms with van der Waals surface area (Å²) in [5, 5.41) is 9.56. The molecule has 0 radical (unpaired) electrons. The molecule has 2 aromatic rings. The van der Waals surface area contributed by atoms with Gasteiger partial charge in [-0.15, -0.1) is 0 Å². The van der Waals surface area contributed by atoms with E-state index in [1.165, 1.54) is 0 Å². The van der Waals surface area contributed by atoms with E-state index in [2.05, 4.69) is 15.7 Å². The van der Waals surface area contributed by atoms with Gasteiger partial charge >= 0.3 is 6.03 Å². The molecule has 0 atom stereocenters. The number of anilines is 1. The number of hydrogen-bond donors (Lipinski definition) is 2. The number of nitrogens with one attached hydrogen (secondary N) is 2. The van der Waals surface area contributed by atoms with E-state index in [-0.39, 0.29) is 6.03 Å². The smallest absolute Gasteiger partial charge is 0.319 e. The molecule has 7 nitrogen and oxygen atoms in total. The molecule has 2 N–H and O–H groups in total. The first-order valence-electron chi connectivity index (χ1n) is 6.95. The summed E-state index contributed by atoms with van der Waals surface area (Å²) in [7, 11) is 0. The molecule has 0 spiro atoms. The maximum atomic E-state index is 11.6. The lowest BCUT2D eigenvalue weighted by Gasteiger charge is -2.06. The van der Waals surface area contributed by atoms with E-state index >= 15 is 0 Å². The van der Waals surface area contributed by atoms with Gasteiger partial charge in [0, 0.05) is 25.9 Å². The summed E-state index contributed by atoms with van der Waals surface area (Å²) < 4.78 is 12.3. The van der Waals surface area contributed by atoms with Gasteiger partial charge < -0.3 is 19.8 Å². The van der Waals surface area contributed by atoms with Crippen LogP contribution in [0.25, 0.3) is 0 Å². The average molecular weight is 292 g/mol. The monoisotopic (exact) mass is 292 g/mol. The highest BCUT2D eigenvalue weighted by Gasteiger charge is 2.03. The first kappa shape index (κ1) is 15.1. The molecule has 0 aromatic carbocycles. The van der Waals surface area contributed by atoms with Crippen LogP contribution in [0.2, 0.25) is 0 Å². The molecule has 2 heterocycles. The third-order valence-corrected chi connectivity index (χ3v) is 2.79. The number of hydrogen-bond acceptors (Lipinski definition) is 4. The fourth-order valence-electron chi connectivity index (χ4n) is 1.72. The van der Waals surface area contributed by atoms with Crippen LogP contribution in [0.1, 0.15) is 19.1 Å². The summed E-state index contributed by atoms with van der Waals surface area (Å²) in [4.78, 5) is 11.6. The van der Waals surface area contributed by atoms with Crippen molar-refractivity contribution in [1.29, 1.82) is 0 Å². The Hall–Kier alpha value is -2.28. The van der Waals surface area contributed by atoms with Gasteiger partial charge in [-0.1, -0.05) is 0 Å². The second-order valence-corrected chi connectivity index (χ2v) is 4.45. The van der Waals surface area contributed by atoms with Gasteiger partial charge in [-0.3, -0.25) is 4.68 Å². The van der Waals surface area contributed by atoms with E-state index in [9.17, 15) is 4.79 Å². The number of nitrogens with zero attached hydrogens (tertiary/aromatic N) is 2. The van der Waals surface area contributed by atoms with E-state index in [0.717, 1.165) is 18.7 Å². The van der Waals surface area contributed by atoms with Crippen molar-refractivity contribution in [2.45, 2.75) is 26.5 Å². The number of carbonyl (C=O) groups is 1. The van der Waals surface area contributed by atoms with Gasteiger partial charge in [0.1, 0.15) is 12.4 Å². The number of rotatable bonds is 8. The number of urea groups is 1. The Kier molecular flexibility index (Phi) is 5.83. The third kappa shape index (κ3) is 5.31. The van der Waals surface area contributed by atoms with Crippen LogP contribution in [0.5, 0.6) is 0 Å². The molecule has 0 bridgehead atoms. The van der Waals surface area contributed by atoms with Crippen LogP contribution in [-0.4, -0.2) is 29.0 Å². The number of ether oxygens (including phenoxy) is 1. The first-order chi connectivity index (χ1) is 10.3. The molecule has 21 heavy (non-hydrogen) atoms. The van der Waals surface area contributed by atoms with Crippen LogP contribution < -0.4 is 10.6 Å². The van der Waals surface area contributed by atoms with Gasteiger partial charge in [0.25, 0.3) is 0 Å². The van der Waals surface area contributed by atoms with Crippen molar-refractivity contribution in [3.8, 4) is 0 Å².